The van der Waals surface area contributed by atoms with E-state index in [1.807, 2.05) is 6.07 Å². The molecule has 7 heteroatoms. The van der Waals surface area contributed by atoms with Crippen molar-refractivity contribution in [2.24, 2.45) is 0 Å². The van der Waals surface area contributed by atoms with Crippen molar-refractivity contribution in [2.45, 2.75) is 31.7 Å². The van der Waals surface area contributed by atoms with Crippen LogP contribution < -0.4 is 0 Å². The summed E-state index contributed by atoms with van der Waals surface area (Å²) in [6.07, 6.45) is 1.68. The molecule has 23 heavy (non-hydrogen) atoms. The largest absolute Gasteiger partial charge is 0.481 e. The lowest BCUT2D eigenvalue weighted by Crippen LogP contribution is -2.49. The lowest BCUT2D eigenvalue weighted by Gasteiger charge is -2.35. The number of aliphatic carboxylic acids is 1. The Morgan fingerprint density at radius 3 is 2.78 bits per heavy atom. The maximum absolute atomic E-state index is 12.3. The van der Waals surface area contributed by atoms with E-state index in [9.17, 15) is 9.59 Å². The third kappa shape index (κ3) is 5.37. The van der Waals surface area contributed by atoms with Crippen LogP contribution in [0, 0.1) is 0 Å². The summed E-state index contributed by atoms with van der Waals surface area (Å²) in [6, 6.07) is 5.06. The fourth-order valence-electron chi connectivity index (χ4n) is 2.64. The highest BCUT2D eigenvalue weighted by Crippen LogP contribution is 2.23. The second-order valence-electron chi connectivity index (χ2n) is 5.52. The molecule has 5 nitrogen and oxygen atoms in total. The number of carboxylic acids is 1. The highest BCUT2D eigenvalue weighted by atomic mass is 35.5. The lowest BCUT2D eigenvalue weighted by molar-refractivity contribution is -0.146. The second-order valence-corrected chi connectivity index (χ2v) is 6.33. The molecule has 0 aromatic heterocycles. The Balaban J connectivity index is 1.85. The predicted octanol–water partition coefficient (Wildman–Crippen LogP) is 3.02. The molecule has 1 aliphatic rings. The molecule has 0 bridgehead atoms. The van der Waals surface area contributed by atoms with Crippen LogP contribution in [0.15, 0.2) is 18.2 Å². The summed E-state index contributed by atoms with van der Waals surface area (Å²) in [5.74, 6) is -0.950. The van der Waals surface area contributed by atoms with E-state index in [2.05, 4.69) is 0 Å². The van der Waals surface area contributed by atoms with E-state index in [0.29, 0.717) is 36.0 Å². The molecular formula is C16H19Cl2NO4. The molecule has 0 aliphatic carbocycles. The molecule has 0 saturated carbocycles. The molecule has 1 amide bonds. The topological polar surface area (TPSA) is 66.8 Å². The molecule has 1 N–H and O–H groups in total. The number of nitrogens with zero attached hydrogens (tertiary/aromatic N) is 1. The average Bonchev–Trinajstić information content (AvgIpc) is 2.50. The smallest absolute Gasteiger partial charge is 0.305 e. The van der Waals surface area contributed by atoms with Crippen LogP contribution in [0.25, 0.3) is 0 Å². The summed E-state index contributed by atoms with van der Waals surface area (Å²) in [5.41, 5.74) is 1.02. The number of ether oxygens (including phenoxy) is 1. The standard InChI is InChI=1S/C16H19Cl2NO4/c17-13-5-4-11(8-14(13)18)2-1-3-15(20)19-6-7-23-10-12(19)9-16(21)22/h4-5,8,12H,1-3,6-7,9-10H2,(H,21,22). The minimum atomic E-state index is -0.922. The minimum Gasteiger partial charge on any atom is -0.481 e. The fraction of sp³-hybridized carbons (Fsp3) is 0.500. The maximum atomic E-state index is 12.3. The first-order valence-corrected chi connectivity index (χ1v) is 8.26. The molecule has 1 heterocycles. The van der Waals surface area contributed by atoms with E-state index in [1.165, 1.54) is 0 Å². The number of hydrogen-bond donors (Lipinski definition) is 1. The van der Waals surface area contributed by atoms with E-state index >= 15 is 0 Å². The zero-order valence-electron chi connectivity index (χ0n) is 12.6. The van der Waals surface area contributed by atoms with Gasteiger partial charge in [-0.05, 0) is 30.5 Å². The van der Waals surface area contributed by atoms with Gasteiger partial charge in [-0.15, -0.1) is 0 Å². The predicted molar refractivity (Wildman–Crippen MR) is 88.0 cm³/mol. The first-order chi connectivity index (χ1) is 11.0. The molecule has 1 aliphatic heterocycles. The van der Waals surface area contributed by atoms with Crippen LogP contribution >= 0.6 is 23.2 Å². The van der Waals surface area contributed by atoms with E-state index in [4.69, 9.17) is 33.0 Å². The van der Waals surface area contributed by atoms with Gasteiger partial charge in [-0.1, -0.05) is 29.3 Å². The Morgan fingerprint density at radius 1 is 1.30 bits per heavy atom. The zero-order valence-corrected chi connectivity index (χ0v) is 14.1. The van der Waals surface area contributed by atoms with E-state index in [1.54, 1.807) is 17.0 Å². The molecule has 0 spiro atoms. The summed E-state index contributed by atoms with van der Waals surface area (Å²) in [4.78, 5) is 24.8. The minimum absolute atomic E-state index is 0.0281. The van der Waals surface area contributed by atoms with Crippen LogP contribution in [-0.4, -0.2) is 47.7 Å². The molecule has 2 rings (SSSR count). The number of morpholine rings is 1. The number of hydrogen-bond acceptors (Lipinski definition) is 3. The van der Waals surface area contributed by atoms with Gasteiger partial charge in [-0.3, -0.25) is 9.59 Å². The fourth-order valence-corrected chi connectivity index (χ4v) is 2.96. The summed E-state index contributed by atoms with van der Waals surface area (Å²) in [5, 5.41) is 9.94. The normalized spacial score (nSPS) is 18.0. The monoisotopic (exact) mass is 359 g/mol. The van der Waals surface area contributed by atoms with Crippen molar-refractivity contribution in [2.75, 3.05) is 19.8 Å². The SMILES string of the molecule is O=C(O)CC1COCCN1C(=O)CCCc1ccc(Cl)c(Cl)c1. The molecule has 1 atom stereocenters. The third-order valence-electron chi connectivity index (χ3n) is 3.80. The summed E-state index contributed by atoms with van der Waals surface area (Å²) >= 11 is 11.8. The Hall–Kier alpha value is -1.30. The third-order valence-corrected chi connectivity index (χ3v) is 4.54. The molecule has 1 saturated heterocycles. The van der Waals surface area contributed by atoms with Gasteiger partial charge >= 0.3 is 5.97 Å². The first-order valence-electron chi connectivity index (χ1n) is 7.50. The van der Waals surface area contributed by atoms with Crippen LogP contribution in [0.2, 0.25) is 10.0 Å². The van der Waals surface area contributed by atoms with Crippen molar-refractivity contribution in [3.63, 3.8) is 0 Å². The van der Waals surface area contributed by atoms with Crippen LogP contribution in [0.3, 0.4) is 0 Å². The molecule has 1 aromatic rings. The Morgan fingerprint density at radius 2 is 2.09 bits per heavy atom. The van der Waals surface area contributed by atoms with Crippen LogP contribution in [0.4, 0.5) is 0 Å². The Kier molecular flexibility index (Phi) is 6.69. The number of carboxylic acid groups (broad SMARTS) is 1. The van der Waals surface area contributed by atoms with E-state index in [-0.39, 0.29) is 25.0 Å². The van der Waals surface area contributed by atoms with Crippen LogP contribution in [-0.2, 0) is 20.7 Å². The van der Waals surface area contributed by atoms with Gasteiger partial charge in [0.15, 0.2) is 0 Å². The zero-order chi connectivity index (χ0) is 16.8. The summed E-state index contributed by atoms with van der Waals surface area (Å²) in [7, 11) is 0. The van der Waals surface area contributed by atoms with Gasteiger partial charge in [-0.2, -0.15) is 0 Å². The van der Waals surface area contributed by atoms with Gasteiger partial charge in [-0.25, -0.2) is 0 Å². The number of carbonyl (C=O) groups excluding carboxylic acids is 1. The highest BCUT2D eigenvalue weighted by Gasteiger charge is 2.28. The van der Waals surface area contributed by atoms with Crippen LogP contribution in [0.5, 0.6) is 0 Å². The van der Waals surface area contributed by atoms with E-state index in [0.717, 1.165) is 12.0 Å². The van der Waals surface area contributed by atoms with Crippen molar-refractivity contribution < 1.29 is 19.4 Å². The quantitative estimate of drug-likeness (QED) is 0.847. The number of rotatable bonds is 6. The number of benzene rings is 1. The summed E-state index contributed by atoms with van der Waals surface area (Å²) in [6.45, 7) is 1.18. The first kappa shape index (κ1) is 18.0. The van der Waals surface area contributed by atoms with Crippen molar-refractivity contribution in [1.82, 2.24) is 4.90 Å². The van der Waals surface area contributed by atoms with Gasteiger partial charge in [0.2, 0.25) is 5.91 Å². The van der Waals surface area contributed by atoms with Crippen LogP contribution in [0.1, 0.15) is 24.8 Å². The number of carbonyl (C=O) groups is 2. The van der Waals surface area contributed by atoms with Crippen molar-refractivity contribution in [3.8, 4) is 0 Å². The molecule has 1 unspecified atom stereocenters. The van der Waals surface area contributed by atoms with E-state index < -0.39 is 5.97 Å². The average molecular weight is 360 g/mol. The second kappa shape index (κ2) is 8.52. The number of aryl methyl sites for hydroxylation is 1. The lowest BCUT2D eigenvalue weighted by atomic mass is 10.1. The van der Waals surface area contributed by atoms with Gasteiger partial charge < -0.3 is 14.7 Å². The molecular weight excluding hydrogens is 341 g/mol. The molecule has 1 fully saturated rings. The molecule has 1 aromatic carbocycles. The van der Waals surface area contributed by atoms with Crippen molar-refractivity contribution >= 4 is 35.1 Å². The van der Waals surface area contributed by atoms with Crippen molar-refractivity contribution in [1.29, 1.82) is 0 Å². The Bertz CT molecular complexity index is 579. The molecule has 0 radical (unpaired) electrons. The highest BCUT2D eigenvalue weighted by molar-refractivity contribution is 6.42. The van der Waals surface area contributed by atoms with Gasteiger partial charge in [0, 0.05) is 13.0 Å². The summed E-state index contributed by atoms with van der Waals surface area (Å²) < 4.78 is 5.28. The van der Waals surface area contributed by atoms with Gasteiger partial charge in [0.25, 0.3) is 0 Å². The number of halogens is 2. The molecule has 126 valence electrons. The Labute approximate surface area is 145 Å². The van der Waals surface area contributed by atoms with Gasteiger partial charge in [0.05, 0.1) is 35.7 Å². The number of amides is 1. The van der Waals surface area contributed by atoms with Gasteiger partial charge in [0.1, 0.15) is 0 Å². The maximum Gasteiger partial charge on any atom is 0.305 e. The van der Waals surface area contributed by atoms with Crippen molar-refractivity contribution in [3.05, 3.63) is 33.8 Å².